The highest BCUT2D eigenvalue weighted by Crippen LogP contribution is 2.14. The number of hydrogen-bond acceptors (Lipinski definition) is 4. The van der Waals surface area contributed by atoms with Gasteiger partial charge in [-0.3, -0.25) is 9.48 Å². The van der Waals surface area contributed by atoms with Crippen LogP contribution in [0.5, 0.6) is 0 Å². The molecule has 1 aliphatic heterocycles. The van der Waals surface area contributed by atoms with Crippen molar-refractivity contribution in [2.24, 2.45) is 0 Å². The highest BCUT2D eigenvalue weighted by atomic mass is 16.5. The molecule has 0 bridgehead atoms. The Hall–Kier alpha value is -2.18. The molecule has 2 aromatic rings. The van der Waals surface area contributed by atoms with Crippen molar-refractivity contribution >= 4 is 5.91 Å². The minimum atomic E-state index is -0.121. The number of amides is 1. The summed E-state index contributed by atoms with van der Waals surface area (Å²) in [5.41, 5.74) is 2.08. The molecular formula is C19H25N3O3. The molecule has 2 atom stereocenters. The highest BCUT2D eigenvalue weighted by molar-refractivity contribution is 5.76. The lowest BCUT2D eigenvalue weighted by atomic mass is 10.1. The quantitative estimate of drug-likeness (QED) is 0.836. The molecule has 0 radical (unpaired) electrons. The second-order valence-corrected chi connectivity index (χ2v) is 6.34. The number of rotatable bonds is 7. The first-order valence-corrected chi connectivity index (χ1v) is 8.73. The molecule has 134 valence electrons. The van der Waals surface area contributed by atoms with Gasteiger partial charge < -0.3 is 14.8 Å². The molecule has 2 heterocycles. The van der Waals surface area contributed by atoms with Crippen LogP contribution in [0.3, 0.4) is 0 Å². The van der Waals surface area contributed by atoms with Crippen molar-refractivity contribution in [1.29, 1.82) is 0 Å². The Balaban J connectivity index is 1.47. The Morgan fingerprint density at radius 1 is 1.36 bits per heavy atom. The summed E-state index contributed by atoms with van der Waals surface area (Å²) in [4.78, 5) is 12.3. The van der Waals surface area contributed by atoms with Crippen molar-refractivity contribution in [2.75, 3.05) is 13.2 Å². The molecule has 0 aliphatic carbocycles. The van der Waals surface area contributed by atoms with Crippen molar-refractivity contribution in [3.63, 3.8) is 0 Å². The van der Waals surface area contributed by atoms with Crippen LogP contribution < -0.4 is 5.32 Å². The van der Waals surface area contributed by atoms with E-state index in [1.165, 1.54) is 0 Å². The van der Waals surface area contributed by atoms with E-state index < -0.39 is 0 Å². The lowest BCUT2D eigenvalue weighted by Crippen LogP contribution is -2.50. The molecule has 0 saturated carbocycles. The van der Waals surface area contributed by atoms with Gasteiger partial charge in [0, 0.05) is 25.8 Å². The number of carbonyl (C=O) groups is 1. The largest absolute Gasteiger partial charge is 0.379 e. The third-order valence-corrected chi connectivity index (χ3v) is 4.30. The van der Waals surface area contributed by atoms with Crippen molar-refractivity contribution in [3.05, 3.63) is 53.9 Å². The summed E-state index contributed by atoms with van der Waals surface area (Å²) in [5, 5.41) is 7.40. The Morgan fingerprint density at radius 3 is 2.96 bits per heavy atom. The Labute approximate surface area is 148 Å². The fourth-order valence-corrected chi connectivity index (χ4v) is 2.90. The average molecular weight is 343 g/mol. The summed E-state index contributed by atoms with van der Waals surface area (Å²) in [6, 6.07) is 12.0. The highest BCUT2D eigenvalue weighted by Gasteiger charge is 2.27. The van der Waals surface area contributed by atoms with E-state index in [0.29, 0.717) is 32.8 Å². The lowest BCUT2D eigenvalue weighted by Gasteiger charge is -2.32. The molecule has 6 heteroatoms. The van der Waals surface area contributed by atoms with E-state index in [1.54, 1.807) is 4.68 Å². The van der Waals surface area contributed by atoms with Crippen LogP contribution in [0.4, 0.5) is 0 Å². The predicted molar refractivity (Wildman–Crippen MR) is 94.0 cm³/mol. The molecule has 1 aromatic heterocycles. The van der Waals surface area contributed by atoms with Crippen LogP contribution in [0.25, 0.3) is 0 Å². The number of aryl methyl sites for hydroxylation is 2. The summed E-state index contributed by atoms with van der Waals surface area (Å²) >= 11 is 0. The van der Waals surface area contributed by atoms with Crippen LogP contribution in [-0.4, -0.2) is 41.0 Å². The number of carbonyl (C=O) groups excluding carboxylic acids is 1. The summed E-state index contributed by atoms with van der Waals surface area (Å²) in [6.07, 6.45) is 2.95. The molecule has 3 rings (SSSR count). The van der Waals surface area contributed by atoms with Gasteiger partial charge in [-0.05, 0) is 25.0 Å². The van der Waals surface area contributed by atoms with Gasteiger partial charge in [0.25, 0.3) is 0 Å². The third-order valence-electron chi connectivity index (χ3n) is 4.30. The first-order chi connectivity index (χ1) is 12.2. The number of aromatic nitrogens is 2. The van der Waals surface area contributed by atoms with E-state index in [-0.39, 0.29) is 18.1 Å². The van der Waals surface area contributed by atoms with Gasteiger partial charge in [-0.15, -0.1) is 0 Å². The second-order valence-electron chi connectivity index (χ2n) is 6.34. The van der Waals surface area contributed by atoms with E-state index in [1.807, 2.05) is 49.5 Å². The Morgan fingerprint density at radius 2 is 2.20 bits per heavy atom. The number of benzene rings is 1. The summed E-state index contributed by atoms with van der Waals surface area (Å²) in [5.74, 6) is 0.0216. The van der Waals surface area contributed by atoms with Gasteiger partial charge in [0.15, 0.2) is 0 Å². The van der Waals surface area contributed by atoms with E-state index >= 15 is 0 Å². The molecule has 1 aliphatic rings. The molecule has 6 nitrogen and oxygen atoms in total. The summed E-state index contributed by atoms with van der Waals surface area (Å²) in [6.45, 7) is 4.20. The van der Waals surface area contributed by atoms with Gasteiger partial charge in [0.1, 0.15) is 6.10 Å². The molecular weight excluding hydrogens is 318 g/mol. The monoisotopic (exact) mass is 343 g/mol. The molecule has 1 N–H and O–H groups in total. The zero-order valence-corrected chi connectivity index (χ0v) is 14.6. The number of hydrogen-bond donors (Lipinski definition) is 1. The van der Waals surface area contributed by atoms with Crippen LogP contribution in [0, 0.1) is 6.92 Å². The van der Waals surface area contributed by atoms with Gasteiger partial charge in [0.05, 0.1) is 24.9 Å². The maximum atomic E-state index is 12.3. The fraction of sp³-hybridized carbons (Fsp3) is 0.474. The number of nitrogens with zero attached hydrogens (tertiary/aromatic N) is 2. The maximum absolute atomic E-state index is 12.3. The van der Waals surface area contributed by atoms with Gasteiger partial charge in [0.2, 0.25) is 5.91 Å². The molecule has 0 unspecified atom stereocenters. The van der Waals surface area contributed by atoms with E-state index in [2.05, 4.69) is 10.4 Å². The molecule has 1 aromatic carbocycles. The third kappa shape index (κ3) is 5.41. The zero-order chi connectivity index (χ0) is 17.5. The van der Waals surface area contributed by atoms with Gasteiger partial charge in [-0.1, -0.05) is 30.3 Å². The van der Waals surface area contributed by atoms with Crippen LogP contribution in [-0.2, 0) is 27.4 Å². The Kier molecular flexibility index (Phi) is 6.19. The fourth-order valence-electron chi connectivity index (χ4n) is 2.90. The van der Waals surface area contributed by atoms with Gasteiger partial charge >= 0.3 is 0 Å². The van der Waals surface area contributed by atoms with Crippen molar-refractivity contribution in [3.8, 4) is 0 Å². The first kappa shape index (κ1) is 17.6. The molecule has 0 spiro atoms. The van der Waals surface area contributed by atoms with Crippen LogP contribution >= 0.6 is 0 Å². The van der Waals surface area contributed by atoms with Gasteiger partial charge in [-0.25, -0.2) is 0 Å². The predicted octanol–water partition coefficient (Wildman–Crippen LogP) is 2.07. The molecule has 25 heavy (non-hydrogen) atoms. The Bertz CT molecular complexity index is 672. The topological polar surface area (TPSA) is 65.4 Å². The normalized spacial score (nSPS) is 20.4. The summed E-state index contributed by atoms with van der Waals surface area (Å²) < 4.78 is 13.3. The summed E-state index contributed by atoms with van der Waals surface area (Å²) in [7, 11) is 0. The van der Waals surface area contributed by atoms with E-state index in [9.17, 15) is 4.79 Å². The minimum absolute atomic E-state index is 0.00989. The van der Waals surface area contributed by atoms with Crippen LogP contribution in [0.15, 0.2) is 42.6 Å². The second kappa shape index (κ2) is 8.78. The van der Waals surface area contributed by atoms with Gasteiger partial charge in [-0.2, -0.15) is 5.10 Å². The number of nitrogens with one attached hydrogen (secondary N) is 1. The van der Waals surface area contributed by atoms with E-state index in [0.717, 1.165) is 17.7 Å². The SMILES string of the molecule is Cc1ccn(CCC(=O)N[C@@H]2CCOC[C@H]2OCc2ccccc2)n1. The van der Waals surface area contributed by atoms with Crippen molar-refractivity contribution in [2.45, 2.75) is 45.1 Å². The van der Waals surface area contributed by atoms with Crippen LogP contribution in [0.2, 0.25) is 0 Å². The minimum Gasteiger partial charge on any atom is -0.379 e. The standard InChI is InChI=1S/C19H25N3O3/c1-15-7-10-22(21-15)11-8-19(23)20-17-9-12-24-14-18(17)25-13-16-5-3-2-4-6-16/h2-7,10,17-18H,8-9,11-14H2,1H3,(H,20,23)/t17-,18-/m1/s1. The van der Waals surface area contributed by atoms with Crippen molar-refractivity contribution < 1.29 is 14.3 Å². The molecule has 1 amide bonds. The van der Waals surface area contributed by atoms with E-state index in [4.69, 9.17) is 9.47 Å². The maximum Gasteiger partial charge on any atom is 0.222 e. The number of ether oxygens (including phenoxy) is 2. The average Bonchev–Trinajstić information content (AvgIpc) is 3.05. The first-order valence-electron chi connectivity index (χ1n) is 8.73. The van der Waals surface area contributed by atoms with Crippen LogP contribution in [0.1, 0.15) is 24.1 Å². The molecule has 1 fully saturated rings. The smallest absolute Gasteiger partial charge is 0.222 e. The van der Waals surface area contributed by atoms with Crippen molar-refractivity contribution in [1.82, 2.24) is 15.1 Å². The zero-order valence-electron chi connectivity index (χ0n) is 14.6. The lowest BCUT2D eigenvalue weighted by molar-refractivity contribution is -0.126. The molecule has 1 saturated heterocycles.